The van der Waals surface area contributed by atoms with Crippen molar-refractivity contribution in [3.05, 3.63) is 65.2 Å². The molecule has 0 spiro atoms. The first-order valence-corrected chi connectivity index (χ1v) is 8.43. The molecule has 1 aliphatic carbocycles. The van der Waals surface area contributed by atoms with Crippen molar-refractivity contribution < 1.29 is 17.9 Å². The van der Waals surface area contributed by atoms with Gasteiger partial charge in [0.2, 0.25) is 0 Å². The molecule has 2 aromatic rings. The lowest BCUT2D eigenvalue weighted by atomic mass is 10.0. The van der Waals surface area contributed by atoms with Gasteiger partial charge in [0.15, 0.2) is 0 Å². The Hall–Kier alpha value is -2.01. The van der Waals surface area contributed by atoms with Gasteiger partial charge in [0, 0.05) is 12.5 Å². The Bertz CT molecular complexity index is 710. The highest BCUT2D eigenvalue weighted by atomic mass is 19.4. The van der Waals surface area contributed by atoms with Crippen LogP contribution in [0.1, 0.15) is 35.6 Å². The van der Waals surface area contributed by atoms with E-state index in [2.05, 4.69) is 31.1 Å². The van der Waals surface area contributed by atoms with Gasteiger partial charge in [0.1, 0.15) is 11.9 Å². The summed E-state index contributed by atoms with van der Waals surface area (Å²) in [6.45, 7) is 0. The van der Waals surface area contributed by atoms with Crippen molar-refractivity contribution in [1.82, 2.24) is 4.90 Å². The highest BCUT2D eigenvalue weighted by Gasteiger charge is 2.31. The van der Waals surface area contributed by atoms with Crippen LogP contribution in [0.5, 0.6) is 5.75 Å². The minimum atomic E-state index is -4.33. The van der Waals surface area contributed by atoms with Gasteiger partial charge in [-0.1, -0.05) is 24.3 Å². The second-order valence-corrected chi connectivity index (χ2v) is 6.72. The van der Waals surface area contributed by atoms with Gasteiger partial charge in [-0.05, 0) is 62.3 Å². The summed E-state index contributed by atoms with van der Waals surface area (Å²) in [5, 5.41) is 0. The molecule has 2 unspecified atom stereocenters. The number of hydrogen-bond donors (Lipinski definition) is 0. The minimum absolute atomic E-state index is 0.164. The smallest absolute Gasteiger partial charge is 0.416 e. The van der Waals surface area contributed by atoms with Crippen molar-refractivity contribution in [1.29, 1.82) is 0 Å². The molecule has 0 saturated carbocycles. The molecule has 0 N–H and O–H groups in total. The van der Waals surface area contributed by atoms with Crippen LogP contribution in [0.4, 0.5) is 13.2 Å². The second-order valence-electron chi connectivity index (χ2n) is 6.72. The molecule has 0 bridgehead atoms. The van der Waals surface area contributed by atoms with Gasteiger partial charge in [-0.25, -0.2) is 0 Å². The molecule has 2 atom stereocenters. The largest absolute Gasteiger partial charge is 0.486 e. The fourth-order valence-corrected chi connectivity index (χ4v) is 3.36. The first-order valence-electron chi connectivity index (χ1n) is 8.43. The Morgan fingerprint density at radius 1 is 1.00 bits per heavy atom. The number of halogens is 3. The predicted octanol–water partition coefficient (Wildman–Crippen LogP) is 5.09. The van der Waals surface area contributed by atoms with E-state index in [1.165, 1.54) is 17.7 Å². The second kappa shape index (κ2) is 7.08. The molecule has 0 amide bonds. The standard InChI is InChI=1S/C20H22F3NO/c1-24(2)16-10-7-14-5-3-4-6-18(14)19(13-16)25-17-11-8-15(9-12-17)20(21,22)23/h3-6,8-9,11-12,16,19H,7,10,13H2,1-2H3. The summed E-state index contributed by atoms with van der Waals surface area (Å²) in [6, 6.07) is 13.5. The number of benzene rings is 2. The number of rotatable bonds is 3. The maximum Gasteiger partial charge on any atom is 0.416 e. The van der Waals surface area contributed by atoms with Crippen molar-refractivity contribution in [2.45, 2.75) is 37.6 Å². The Labute approximate surface area is 146 Å². The van der Waals surface area contributed by atoms with Crippen LogP contribution in [0.2, 0.25) is 0 Å². The first-order chi connectivity index (χ1) is 11.8. The summed E-state index contributed by atoms with van der Waals surface area (Å²) in [5.74, 6) is 0.465. The third kappa shape index (κ3) is 4.15. The Kier molecular flexibility index (Phi) is 5.04. The molecule has 25 heavy (non-hydrogen) atoms. The SMILES string of the molecule is CN(C)C1CCc2ccccc2C(Oc2ccc(C(F)(F)F)cc2)C1. The molecule has 0 aliphatic heterocycles. The Balaban J connectivity index is 1.85. The van der Waals surface area contributed by atoms with E-state index in [0.717, 1.165) is 37.0 Å². The van der Waals surface area contributed by atoms with E-state index in [-0.39, 0.29) is 6.10 Å². The van der Waals surface area contributed by atoms with Crippen molar-refractivity contribution in [3.8, 4) is 5.75 Å². The van der Waals surface area contributed by atoms with Crippen LogP contribution >= 0.6 is 0 Å². The zero-order valence-corrected chi connectivity index (χ0v) is 14.4. The molecule has 2 aromatic carbocycles. The molecule has 5 heteroatoms. The third-order valence-electron chi connectivity index (χ3n) is 4.83. The number of ether oxygens (including phenoxy) is 1. The molecular weight excluding hydrogens is 327 g/mol. The monoisotopic (exact) mass is 349 g/mol. The quantitative estimate of drug-likeness (QED) is 0.716. The molecule has 2 nitrogen and oxygen atoms in total. The molecule has 1 aliphatic rings. The lowest BCUT2D eigenvalue weighted by Crippen LogP contribution is -2.30. The van der Waals surface area contributed by atoms with Gasteiger partial charge in [-0.3, -0.25) is 0 Å². The normalized spacial score (nSPS) is 20.9. The average Bonchev–Trinajstić information content (AvgIpc) is 2.75. The maximum atomic E-state index is 12.7. The van der Waals surface area contributed by atoms with Gasteiger partial charge >= 0.3 is 6.18 Å². The van der Waals surface area contributed by atoms with E-state index >= 15 is 0 Å². The zero-order chi connectivity index (χ0) is 18.0. The molecule has 0 heterocycles. The Morgan fingerprint density at radius 3 is 2.32 bits per heavy atom. The summed E-state index contributed by atoms with van der Waals surface area (Å²) in [5.41, 5.74) is 1.72. The van der Waals surface area contributed by atoms with Crippen LogP contribution in [-0.4, -0.2) is 25.0 Å². The maximum absolute atomic E-state index is 12.7. The fraction of sp³-hybridized carbons (Fsp3) is 0.400. The van der Waals surface area contributed by atoms with E-state index in [1.54, 1.807) is 0 Å². The highest BCUT2D eigenvalue weighted by Crippen LogP contribution is 2.35. The fourth-order valence-electron chi connectivity index (χ4n) is 3.36. The number of fused-ring (bicyclic) bond motifs is 1. The summed E-state index contributed by atoms with van der Waals surface area (Å²) < 4.78 is 44.3. The molecule has 0 saturated heterocycles. The predicted molar refractivity (Wildman–Crippen MR) is 91.7 cm³/mol. The number of nitrogens with zero attached hydrogens (tertiary/aromatic N) is 1. The number of alkyl halides is 3. The molecule has 0 radical (unpaired) electrons. The van der Waals surface area contributed by atoms with E-state index in [0.29, 0.717) is 11.8 Å². The summed E-state index contributed by atoms with van der Waals surface area (Å²) in [7, 11) is 4.10. The zero-order valence-electron chi connectivity index (χ0n) is 14.4. The van der Waals surface area contributed by atoms with Crippen molar-refractivity contribution >= 4 is 0 Å². The van der Waals surface area contributed by atoms with Gasteiger partial charge in [-0.2, -0.15) is 13.2 Å². The molecule has 134 valence electrons. The molecular formula is C20H22F3NO. The highest BCUT2D eigenvalue weighted by molar-refractivity contribution is 5.34. The van der Waals surface area contributed by atoms with E-state index < -0.39 is 11.7 Å². The van der Waals surface area contributed by atoms with Crippen LogP contribution in [0.25, 0.3) is 0 Å². The molecule has 0 fully saturated rings. The van der Waals surface area contributed by atoms with Crippen LogP contribution in [0.3, 0.4) is 0 Å². The Morgan fingerprint density at radius 2 is 1.68 bits per heavy atom. The summed E-state index contributed by atoms with van der Waals surface area (Å²) >= 11 is 0. The van der Waals surface area contributed by atoms with Crippen LogP contribution in [0.15, 0.2) is 48.5 Å². The summed E-state index contributed by atoms with van der Waals surface area (Å²) in [4.78, 5) is 2.19. The van der Waals surface area contributed by atoms with Gasteiger partial charge in [0.25, 0.3) is 0 Å². The van der Waals surface area contributed by atoms with Crippen molar-refractivity contribution in [2.24, 2.45) is 0 Å². The van der Waals surface area contributed by atoms with Gasteiger partial charge in [0.05, 0.1) is 5.56 Å². The molecule has 3 rings (SSSR count). The van der Waals surface area contributed by atoms with Crippen LogP contribution < -0.4 is 4.74 Å². The summed E-state index contributed by atoms with van der Waals surface area (Å²) in [6.07, 6.45) is -1.67. The van der Waals surface area contributed by atoms with Crippen molar-refractivity contribution in [2.75, 3.05) is 14.1 Å². The number of aryl methyl sites for hydroxylation is 1. The first kappa shape index (κ1) is 17.8. The van der Waals surface area contributed by atoms with E-state index in [4.69, 9.17) is 4.74 Å². The minimum Gasteiger partial charge on any atom is -0.486 e. The third-order valence-corrected chi connectivity index (χ3v) is 4.83. The van der Waals surface area contributed by atoms with E-state index in [1.807, 2.05) is 12.1 Å². The van der Waals surface area contributed by atoms with Crippen LogP contribution in [0, 0.1) is 0 Å². The number of hydrogen-bond acceptors (Lipinski definition) is 2. The lowest BCUT2D eigenvalue weighted by Gasteiger charge is -2.27. The molecule has 0 aromatic heterocycles. The lowest BCUT2D eigenvalue weighted by molar-refractivity contribution is -0.137. The topological polar surface area (TPSA) is 12.5 Å². The van der Waals surface area contributed by atoms with E-state index in [9.17, 15) is 13.2 Å². The average molecular weight is 349 g/mol. The van der Waals surface area contributed by atoms with Gasteiger partial charge in [-0.15, -0.1) is 0 Å². The van der Waals surface area contributed by atoms with Crippen molar-refractivity contribution in [3.63, 3.8) is 0 Å². The van der Waals surface area contributed by atoms with Crippen LogP contribution in [-0.2, 0) is 12.6 Å². The van der Waals surface area contributed by atoms with Gasteiger partial charge < -0.3 is 9.64 Å².